The Morgan fingerprint density at radius 2 is 2.07 bits per heavy atom. The van der Waals surface area contributed by atoms with Crippen LogP contribution in [0.2, 0.25) is 0 Å². The SMILES string of the molecule is COc1ccccc1C(=O)Nc1ncc2c(n1)C[C@@H](c1ccco1)CC2=O. The predicted molar refractivity (Wildman–Crippen MR) is 97.1 cm³/mol. The van der Waals surface area contributed by atoms with Crippen molar-refractivity contribution in [3.05, 3.63) is 71.4 Å². The lowest BCUT2D eigenvalue weighted by Gasteiger charge is -2.21. The summed E-state index contributed by atoms with van der Waals surface area (Å²) in [6, 6.07) is 10.5. The minimum Gasteiger partial charge on any atom is -0.496 e. The number of anilines is 1. The van der Waals surface area contributed by atoms with Crippen LogP contribution in [-0.2, 0) is 6.42 Å². The molecule has 1 aromatic carbocycles. The Morgan fingerprint density at radius 3 is 2.85 bits per heavy atom. The summed E-state index contributed by atoms with van der Waals surface area (Å²) in [6.45, 7) is 0. The first kappa shape index (κ1) is 17.0. The Bertz CT molecular complexity index is 998. The maximum absolute atomic E-state index is 12.5. The van der Waals surface area contributed by atoms with E-state index in [9.17, 15) is 9.59 Å². The van der Waals surface area contributed by atoms with Gasteiger partial charge in [-0.05, 0) is 24.3 Å². The van der Waals surface area contributed by atoms with Crippen molar-refractivity contribution in [2.24, 2.45) is 0 Å². The lowest BCUT2D eigenvalue weighted by Crippen LogP contribution is -2.22. The molecular formula is C20H17N3O4. The molecule has 1 aliphatic carbocycles. The Morgan fingerprint density at radius 1 is 1.22 bits per heavy atom. The average Bonchev–Trinajstić information content (AvgIpc) is 3.22. The van der Waals surface area contributed by atoms with Gasteiger partial charge in [-0.25, -0.2) is 9.97 Å². The van der Waals surface area contributed by atoms with Crippen molar-refractivity contribution < 1.29 is 18.7 Å². The maximum atomic E-state index is 12.5. The third kappa shape index (κ3) is 3.31. The number of Topliss-reactive ketones (excluding diaryl/α,β-unsaturated/α-hetero) is 1. The molecule has 0 radical (unpaired) electrons. The number of nitrogens with one attached hydrogen (secondary N) is 1. The molecule has 1 aliphatic rings. The topological polar surface area (TPSA) is 94.3 Å². The van der Waals surface area contributed by atoms with Gasteiger partial charge in [-0.1, -0.05) is 12.1 Å². The molecule has 0 spiro atoms. The second-order valence-corrected chi connectivity index (χ2v) is 6.25. The number of amides is 1. The number of ether oxygens (including phenoxy) is 1. The third-order valence-electron chi connectivity index (χ3n) is 4.56. The predicted octanol–water partition coefficient (Wildman–Crippen LogP) is 3.24. The Balaban J connectivity index is 1.58. The van der Waals surface area contributed by atoms with E-state index in [0.29, 0.717) is 35.4 Å². The van der Waals surface area contributed by atoms with E-state index in [1.165, 1.54) is 13.3 Å². The minimum atomic E-state index is -0.378. The molecule has 1 atom stereocenters. The van der Waals surface area contributed by atoms with Gasteiger partial charge < -0.3 is 9.15 Å². The molecule has 2 aromatic heterocycles. The molecule has 2 heterocycles. The summed E-state index contributed by atoms with van der Waals surface area (Å²) >= 11 is 0. The number of hydrogen-bond donors (Lipinski definition) is 1. The first-order valence-corrected chi connectivity index (χ1v) is 8.52. The highest BCUT2D eigenvalue weighted by Crippen LogP contribution is 2.32. The van der Waals surface area contributed by atoms with E-state index >= 15 is 0 Å². The fraction of sp³-hybridized carbons (Fsp3) is 0.200. The lowest BCUT2D eigenvalue weighted by molar-refractivity contribution is 0.0958. The number of aromatic nitrogens is 2. The van der Waals surface area contributed by atoms with Gasteiger partial charge in [0, 0.05) is 25.0 Å². The van der Waals surface area contributed by atoms with Gasteiger partial charge in [-0.3, -0.25) is 14.9 Å². The zero-order valence-electron chi connectivity index (χ0n) is 14.6. The monoisotopic (exact) mass is 363 g/mol. The summed E-state index contributed by atoms with van der Waals surface area (Å²) in [5.74, 6) is 0.899. The summed E-state index contributed by atoms with van der Waals surface area (Å²) in [4.78, 5) is 33.4. The number of para-hydroxylation sites is 1. The number of furan rings is 1. The number of carbonyl (C=O) groups is 2. The van der Waals surface area contributed by atoms with Crippen molar-refractivity contribution in [2.45, 2.75) is 18.8 Å². The van der Waals surface area contributed by atoms with Gasteiger partial charge in [0.25, 0.3) is 5.91 Å². The van der Waals surface area contributed by atoms with E-state index < -0.39 is 0 Å². The van der Waals surface area contributed by atoms with Crippen molar-refractivity contribution in [3.63, 3.8) is 0 Å². The zero-order chi connectivity index (χ0) is 18.8. The maximum Gasteiger partial charge on any atom is 0.261 e. The highest BCUT2D eigenvalue weighted by atomic mass is 16.5. The molecule has 0 fully saturated rings. The molecule has 136 valence electrons. The number of rotatable bonds is 4. The number of hydrogen-bond acceptors (Lipinski definition) is 6. The lowest BCUT2D eigenvalue weighted by atomic mass is 9.85. The summed E-state index contributed by atoms with van der Waals surface area (Å²) in [5, 5.41) is 2.67. The normalized spacial score (nSPS) is 15.9. The van der Waals surface area contributed by atoms with Gasteiger partial charge >= 0.3 is 0 Å². The van der Waals surface area contributed by atoms with Gasteiger partial charge in [0.05, 0.1) is 30.2 Å². The van der Waals surface area contributed by atoms with Gasteiger partial charge in [-0.15, -0.1) is 0 Å². The van der Waals surface area contributed by atoms with Crippen LogP contribution in [0.3, 0.4) is 0 Å². The van der Waals surface area contributed by atoms with Crippen LogP contribution in [0.5, 0.6) is 5.75 Å². The molecule has 1 N–H and O–H groups in total. The van der Waals surface area contributed by atoms with Crippen LogP contribution in [0.1, 0.15) is 44.5 Å². The van der Waals surface area contributed by atoms with Crippen LogP contribution in [0.25, 0.3) is 0 Å². The Kier molecular flexibility index (Phi) is 4.42. The fourth-order valence-electron chi connectivity index (χ4n) is 3.23. The molecule has 7 nitrogen and oxygen atoms in total. The van der Waals surface area contributed by atoms with Crippen LogP contribution >= 0.6 is 0 Å². The van der Waals surface area contributed by atoms with Crippen molar-refractivity contribution in [2.75, 3.05) is 12.4 Å². The zero-order valence-corrected chi connectivity index (χ0v) is 14.6. The minimum absolute atomic E-state index is 0.0275. The number of benzene rings is 1. The molecule has 0 unspecified atom stereocenters. The molecule has 0 aliphatic heterocycles. The van der Waals surface area contributed by atoms with Crippen molar-refractivity contribution in [3.8, 4) is 5.75 Å². The van der Waals surface area contributed by atoms with Crippen LogP contribution in [0.15, 0.2) is 53.3 Å². The average molecular weight is 363 g/mol. The third-order valence-corrected chi connectivity index (χ3v) is 4.56. The fourth-order valence-corrected chi connectivity index (χ4v) is 3.23. The molecule has 7 heteroatoms. The van der Waals surface area contributed by atoms with E-state index in [-0.39, 0.29) is 23.6 Å². The molecule has 0 bridgehead atoms. The molecule has 27 heavy (non-hydrogen) atoms. The van der Waals surface area contributed by atoms with E-state index in [1.54, 1.807) is 36.6 Å². The summed E-state index contributed by atoms with van der Waals surface area (Å²) in [7, 11) is 1.50. The van der Waals surface area contributed by atoms with Crippen molar-refractivity contribution >= 4 is 17.6 Å². The summed E-state index contributed by atoms with van der Waals surface area (Å²) in [6.07, 6.45) is 3.97. The highest BCUT2D eigenvalue weighted by Gasteiger charge is 2.29. The molecule has 4 rings (SSSR count). The standard InChI is InChI=1S/C20H17N3O4/c1-26-18-6-3-2-5-13(18)19(25)23-20-21-11-14-15(22-20)9-12(10-16(14)24)17-7-4-8-27-17/h2-8,11-12H,9-10H2,1H3,(H,21,22,23,25)/t12-/m1/s1. The number of ketones is 1. The first-order chi connectivity index (χ1) is 13.2. The van der Waals surface area contributed by atoms with Gasteiger partial charge in [0.15, 0.2) is 5.78 Å². The van der Waals surface area contributed by atoms with Crippen molar-refractivity contribution in [1.29, 1.82) is 0 Å². The van der Waals surface area contributed by atoms with E-state index in [0.717, 1.165) is 5.76 Å². The Labute approximate surface area is 155 Å². The largest absolute Gasteiger partial charge is 0.496 e. The molecule has 3 aromatic rings. The van der Waals surface area contributed by atoms with Gasteiger partial charge in [0.1, 0.15) is 11.5 Å². The first-order valence-electron chi connectivity index (χ1n) is 8.52. The van der Waals surface area contributed by atoms with Crippen LogP contribution in [0.4, 0.5) is 5.95 Å². The van der Waals surface area contributed by atoms with Crippen molar-refractivity contribution in [1.82, 2.24) is 9.97 Å². The van der Waals surface area contributed by atoms with Crippen LogP contribution in [0, 0.1) is 0 Å². The smallest absolute Gasteiger partial charge is 0.261 e. The van der Waals surface area contributed by atoms with E-state index in [4.69, 9.17) is 9.15 Å². The van der Waals surface area contributed by atoms with Crippen LogP contribution < -0.4 is 10.1 Å². The highest BCUT2D eigenvalue weighted by molar-refractivity contribution is 6.05. The van der Waals surface area contributed by atoms with E-state index in [1.807, 2.05) is 6.07 Å². The molecule has 1 amide bonds. The number of methoxy groups -OCH3 is 1. The summed E-state index contributed by atoms with van der Waals surface area (Å²) in [5.41, 5.74) is 1.48. The second-order valence-electron chi connectivity index (χ2n) is 6.25. The molecule has 0 saturated heterocycles. The number of nitrogens with zero attached hydrogens (tertiary/aromatic N) is 2. The second kappa shape index (κ2) is 7.03. The number of carbonyl (C=O) groups excluding carboxylic acids is 2. The van der Waals surface area contributed by atoms with Crippen LogP contribution in [-0.4, -0.2) is 28.8 Å². The molecule has 0 saturated carbocycles. The quantitative estimate of drug-likeness (QED) is 0.765. The van der Waals surface area contributed by atoms with Gasteiger partial charge in [-0.2, -0.15) is 0 Å². The Hall–Kier alpha value is -3.48. The number of fused-ring (bicyclic) bond motifs is 1. The molecular weight excluding hydrogens is 346 g/mol. The van der Waals surface area contributed by atoms with E-state index in [2.05, 4.69) is 15.3 Å². The summed E-state index contributed by atoms with van der Waals surface area (Å²) < 4.78 is 10.6. The van der Waals surface area contributed by atoms with Gasteiger partial charge in [0.2, 0.25) is 5.95 Å².